The summed E-state index contributed by atoms with van der Waals surface area (Å²) in [5, 5.41) is 2.06. The molecular weight excluding hydrogens is 404 g/mol. The molecule has 1 aliphatic heterocycles. The average molecular weight is 433 g/mol. The van der Waals surface area contributed by atoms with Gasteiger partial charge in [0.1, 0.15) is 0 Å². The highest BCUT2D eigenvalue weighted by Crippen LogP contribution is 2.38. The first-order valence-electron chi connectivity index (χ1n) is 10.8. The minimum atomic E-state index is -0.752. The molecule has 1 fully saturated rings. The Bertz CT molecular complexity index is 1050. The molecule has 4 rings (SSSR count). The largest absolute Gasteiger partial charge is 0.369 e. The highest BCUT2D eigenvalue weighted by molar-refractivity contribution is 7.13. The number of rotatable bonds is 6. The van der Waals surface area contributed by atoms with Crippen LogP contribution in [0.25, 0.3) is 10.4 Å². The molecule has 2 atom stereocenters. The summed E-state index contributed by atoms with van der Waals surface area (Å²) in [7, 11) is 0. The van der Waals surface area contributed by atoms with Crippen LogP contribution in [-0.4, -0.2) is 29.8 Å². The lowest BCUT2D eigenvalue weighted by Crippen LogP contribution is -2.54. The molecule has 0 bridgehead atoms. The van der Waals surface area contributed by atoms with Crippen LogP contribution in [0.3, 0.4) is 0 Å². The Morgan fingerprint density at radius 1 is 1.06 bits per heavy atom. The van der Waals surface area contributed by atoms with Gasteiger partial charge in [0, 0.05) is 18.0 Å². The van der Waals surface area contributed by atoms with Crippen LogP contribution in [0.2, 0.25) is 0 Å². The highest BCUT2D eigenvalue weighted by atomic mass is 32.1. The smallest absolute Gasteiger partial charge is 0.229 e. The van der Waals surface area contributed by atoms with E-state index in [0.717, 1.165) is 23.1 Å². The Labute approximate surface area is 187 Å². The van der Waals surface area contributed by atoms with E-state index in [1.54, 1.807) is 11.3 Å². The highest BCUT2D eigenvalue weighted by Gasteiger charge is 2.43. The topological polar surface area (TPSA) is 63.4 Å². The normalized spacial score (nSPS) is 19.7. The number of carbonyl (C=O) groups excluding carboxylic acids is 2. The molecule has 0 aliphatic carbocycles. The second-order valence-electron chi connectivity index (χ2n) is 8.45. The number of hydrogen-bond acceptors (Lipinski definition) is 3. The molecule has 3 aromatic rings. The van der Waals surface area contributed by atoms with Crippen molar-refractivity contribution >= 4 is 23.2 Å². The third kappa shape index (κ3) is 4.42. The van der Waals surface area contributed by atoms with E-state index in [1.165, 1.54) is 4.88 Å². The molecule has 31 heavy (non-hydrogen) atoms. The monoisotopic (exact) mass is 432 g/mol. The molecule has 2 amide bonds. The summed E-state index contributed by atoms with van der Waals surface area (Å²) in [5.74, 6) is -0.510. The molecule has 0 spiro atoms. The molecule has 4 nitrogen and oxygen atoms in total. The fraction of sp³-hybridized carbons (Fsp3) is 0.308. The molecule has 1 aliphatic rings. The van der Waals surface area contributed by atoms with Gasteiger partial charge >= 0.3 is 0 Å². The Morgan fingerprint density at radius 3 is 2.52 bits per heavy atom. The van der Waals surface area contributed by atoms with Crippen molar-refractivity contribution in [2.24, 2.45) is 11.1 Å². The van der Waals surface area contributed by atoms with Crippen LogP contribution in [-0.2, 0) is 16.0 Å². The quantitative estimate of drug-likeness (QED) is 0.605. The van der Waals surface area contributed by atoms with Gasteiger partial charge in [0.2, 0.25) is 11.8 Å². The molecule has 0 unspecified atom stereocenters. The molecule has 0 saturated carbocycles. The van der Waals surface area contributed by atoms with Crippen molar-refractivity contribution in [3.63, 3.8) is 0 Å². The van der Waals surface area contributed by atoms with Gasteiger partial charge in [-0.15, -0.1) is 11.3 Å². The maximum Gasteiger partial charge on any atom is 0.229 e. The van der Waals surface area contributed by atoms with E-state index in [0.29, 0.717) is 25.9 Å². The Kier molecular flexibility index (Phi) is 6.23. The van der Waals surface area contributed by atoms with Gasteiger partial charge in [-0.25, -0.2) is 0 Å². The first-order valence-corrected chi connectivity index (χ1v) is 11.6. The van der Waals surface area contributed by atoms with Crippen molar-refractivity contribution in [2.45, 2.75) is 32.1 Å². The van der Waals surface area contributed by atoms with Gasteiger partial charge in [0.05, 0.1) is 11.3 Å². The minimum Gasteiger partial charge on any atom is -0.369 e. The lowest BCUT2D eigenvalue weighted by molar-refractivity contribution is -0.140. The van der Waals surface area contributed by atoms with Gasteiger partial charge in [0.25, 0.3) is 0 Å². The first-order chi connectivity index (χ1) is 15.0. The van der Waals surface area contributed by atoms with Gasteiger partial charge in [-0.05, 0) is 54.3 Å². The zero-order chi connectivity index (χ0) is 21.8. The van der Waals surface area contributed by atoms with Crippen molar-refractivity contribution < 1.29 is 9.59 Å². The van der Waals surface area contributed by atoms with E-state index in [4.69, 9.17) is 5.73 Å². The Hall–Kier alpha value is -2.92. The van der Waals surface area contributed by atoms with Crippen LogP contribution < -0.4 is 5.73 Å². The fourth-order valence-corrected chi connectivity index (χ4v) is 5.41. The van der Waals surface area contributed by atoms with Gasteiger partial charge in [0.15, 0.2) is 0 Å². The van der Waals surface area contributed by atoms with Crippen molar-refractivity contribution in [3.8, 4) is 10.4 Å². The van der Waals surface area contributed by atoms with E-state index in [2.05, 4.69) is 23.6 Å². The van der Waals surface area contributed by atoms with E-state index >= 15 is 0 Å². The fourth-order valence-electron chi connectivity index (χ4n) is 4.62. The number of likely N-dealkylation sites (tertiary alicyclic amines) is 1. The molecule has 2 heterocycles. The number of nitrogens with two attached hydrogens (primary N) is 1. The van der Waals surface area contributed by atoms with Gasteiger partial charge in [-0.1, -0.05) is 60.7 Å². The molecule has 5 heteroatoms. The number of amides is 2. The summed E-state index contributed by atoms with van der Waals surface area (Å²) >= 11 is 1.69. The molecule has 160 valence electrons. The summed E-state index contributed by atoms with van der Waals surface area (Å²) in [5.41, 5.74) is 8.48. The third-order valence-electron chi connectivity index (χ3n) is 6.41. The van der Waals surface area contributed by atoms with Crippen LogP contribution in [0, 0.1) is 5.41 Å². The zero-order valence-electron chi connectivity index (χ0n) is 17.8. The number of primary amides is 1. The molecule has 2 N–H and O–H groups in total. The number of hydrogen-bond donors (Lipinski definition) is 1. The second-order valence-corrected chi connectivity index (χ2v) is 9.40. The summed E-state index contributed by atoms with van der Waals surface area (Å²) in [6.07, 6.45) is 2.02. The van der Waals surface area contributed by atoms with Crippen LogP contribution in [0.15, 0.2) is 72.1 Å². The average Bonchev–Trinajstić information content (AvgIpc) is 3.34. The van der Waals surface area contributed by atoms with Crippen LogP contribution in [0.1, 0.15) is 36.8 Å². The van der Waals surface area contributed by atoms with Crippen molar-refractivity contribution in [1.82, 2.24) is 4.90 Å². The molecule has 1 saturated heterocycles. The number of nitrogens with zero attached hydrogens (tertiary/aromatic N) is 1. The molecule has 1 aromatic heterocycles. The Balaban J connectivity index is 1.60. The number of carbonyl (C=O) groups is 2. The Morgan fingerprint density at radius 2 is 1.81 bits per heavy atom. The predicted octanol–water partition coefficient (Wildman–Crippen LogP) is 4.86. The van der Waals surface area contributed by atoms with Gasteiger partial charge in [-0.3, -0.25) is 9.59 Å². The van der Waals surface area contributed by atoms with Crippen LogP contribution in [0.4, 0.5) is 0 Å². The SMILES string of the molecule is C[C@@H](C(=O)N1CCC[C@](Cc2ccccc2-c2cccs2)(C(N)=O)C1)c1ccccc1. The second kappa shape index (κ2) is 9.06. The molecular formula is C26H28N2O2S. The van der Waals surface area contributed by atoms with Crippen LogP contribution in [0.5, 0.6) is 0 Å². The van der Waals surface area contributed by atoms with Gasteiger partial charge in [-0.2, -0.15) is 0 Å². The van der Waals surface area contributed by atoms with E-state index < -0.39 is 5.41 Å². The maximum absolute atomic E-state index is 13.3. The summed E-state index contributed by atoms with van der Waals surface area (Å²) < 4.78 is 0. The standard InChI is InChI=1S/C26H28N2O2S/c1-19(20-9-3-2-4-10-20)24(29)28-15-8-14-26(18-28,25(27)30)17-21-11-5-6-12-22(21)23-13-7-16-31-23/h2-7,9-13,16,19H,8,14-15,17-18H2,1H3,(H2,27,30)/t19-,26-/m1/s1. The summed E-state index contributed by atoms with van der Waals surface area (Å²) in [6.45, 7) is 2.97. The van der Waals surface area contributed by atoms with Crippen molar-refractivity contribution in [2.75, 3.05) is 13.1 Å². The molecule has 2 aromatic carbocycles. The third-order valence-corrected chi connectivity index (χ3v) is 7.32. The minimum absolute atomic E-state index is 0.0584. The lowest BCUT2D eigenvalue weighted by Gasteiger charge is -2.42. The molecule has 0 radical (unpaired) electrons. The number of piperidine rings is 1. The van der Waals surface area contributed by atoms with Crippen molar-refractivity contribution in [1.29, 1.82) is 0 Å². The van der Waals surface area contributed by atoms with E-state index in [-0.39, 0.29) is 17.7 Å². The number of thiophene rings is 1. The predicted molar refractivity (Wildman–Crippen MR) is 126 cm³/mol. The van der Waals surface area contributed by atoms with Gasteiger partial charge < -0.3 is 10.6 Å². The summed E-state index contributed by atoms with van der Waals surface area (Å²) in [6, 6.07) is 22.1. The van der Waals surface area contributed by atoms with Crippen molar-refractivity contribution in [3.05, 3.63) is 83.2 Å². The van der Waals surface area contributed by atoms with Crippen LogP contribution >= 0.6 is 11.3 Å². The summed E-state index contributed by atoms with van der Waals surface area (Å²) in [4.78, 5) is 29.1. The zero-order valence-corrected chi connectivity index (χ0v) is 18.6. The van der Waals surface area contributed by atoms with E-state index in [1.807, 2.05) is 60.4 Å². The van der Waals surface area contributed by atoms with E-state index in [9.17, 15) is 9.59 Å². The maximum atomic E-state index is 13.3. The lowest BCUT2D eigenvalue weighted by atomic mass is 9.73. The first kappa shape index (κ1) is 21.3. The number of benzene rings is 2.